The highest BCUT2D eigenvalue weighted by Crippen LogP contribution is 2.22. The first-order chi connectivity index (χ1) is 7.28. The second-order valence-electron chi connectivity index (χ2n) is 4.99. The van der Waals surface area contributed by atoms with Crippen LogP contribution in [0.1, 0.15) is 32.6 Å². The van der Waals surface area contributed by atoms with Crippen molar-refractivity contribution in [3.8, 4) is 0 Å². The van der Waals surface area contributed by atoms with Crippen molar-refractivity contribution in [2.45, 2.75) is 50.9 Å². The molecule has 88 valence electrons. The van der Waals surface area contributed by atoms with Gasteiger partial charge in [-0.3, -0.25) is 0 Å². The van der Waals surface area contributed by atoms with Gasteiger partial charge in [-0.15, -0.1) is 0 Å². The molecule has 3 nitrogen and oxygen atoms in total. The third-order valence-corrected chi connectivity index (χ3v) is 3.46. The topological polar surface area (TPSA) is 24.5 Å². The first kappa shape index (κ1) is 11.4. The zero-order chi connectivity index (χ0) is 10.7. The molecule has 0 aromatic heterocycles. The number of nitrogens with zero attached hydrogens (tertiary/aromatic N) is 1. The summed E-state index contributed by atoms with van der Waals surface area (Å²) in [4.78, 5) is 2.33. The Kier molecular flexibility index (Phi) is 4.00. The Balaban J connectivity index is 1.60. The molecule has 15 heavy (non-hydrogen) atoms. The summed E-state index contributed by atoms with van der Waals surface area (Å²) in [5, 5.41) is 3.55. The molecule has 1 aliphatic heterocycles. The van der Waals surface area contributed by atoms with Gasteiger partial charge in [-0.25, -0.2) is 0 Å². The summed E-state index contributed by atoms with van der Waals surface area (Å²) >= 11 is 0. The monoisotopic (exact) mass is 212 g/mol. The van der Waals surface area contributed by atoms with E-state index in [2.05, 4.69) is 24.2 Å². The number of ether oxygens (including phenoxy) is 1. The Hall–Kier alpha value is -0.120. The van der Waals surface area contributed by atoms with Crippen LogP contribution in [0.15, 0.2) is 0 Å². The predicted octanol–water partition coefficient (Wildman–Crippen LogP) is 1.24. The number of nitrogens with one attached hydrogen (secondary N) is 1. The quantitative estimate of drug-likeness (QED) is 0.717. The van der Waals surface area contributed by atoms with E-state index < -0.39 is 0 Å². The fourth-order valence-corrected chi connectivity index (χ4v) is 2.13. The fourth-order valence-electron chi connectivity index (χ4n) is 2.13. The zero-order valence-corrected chi connectivity index (χ0v) is 10.0. The van der Waals surface area contributed by atoms with Gasteiger partial charge in [0.2, 0.25) is 0 Å². The summed E-state index contributed by atoms with van der Waals surface area (Å²) in [5.74, 6) is 0. The van der Waals surface area contributed by atoms with Gasteiger partial charge >= 0.3 is 0 Å². The second kappa shape index (κ2) is 5.28. The van der Waals surface area contributed by atoms with E-state index in [4.69, 9.17) is 4.74 Å². The molecule has 0 radical (unpaired) electrons. The van der Waals surface area contributed by atoms with Crippen LogP contribution in [0, 0.1) is 0 Å². The molecule has 1 saturated heterocycles. The third-order valence-electron chi connectivity index (χ3n) is 3.46. The summed E-state index contributed by atoms with van der Waals surface area (Å²) < 4.78 is 6.01. The summed E-state index contributed by atoms with van der Waals surface area (Å²) in [7, 11) is 2.17. The van der Waals surface area contributed by atoms with Crippen molar-refractivity contribution >= 4 is 0 Å². The molecule has 0 bridgehead atoms. The molecule has 3 heteroatoms. The van der Waals surface area contributed by atoms with Gasteiger partial charge in [0.25, 0.3) is 0 Å². The maximum Gasteiger partial charge on any atom is 0.0707 e. The normalized spacial score (nSPS) is 31.4. The Morgan fingerprint density at radius 2 is 1.93 bits per heavy atom. The molecule has 0 aromatic carbocycles. The van der Waals surface area contributed by atoms with Crippen molar-refractivity contribution in [2.75, 3.05) is 26.7 Å². The van der Waals surface area contributed by atoms with Crippen LogP contribution >= 0.6 is 0 Å². The molecule has 0 spiro atoms. The first-order valence-electron chi connectivity index (χ1n) is 6.35. The molecular weight excluding hydrogens is 188 g/mol. The van der Waals surface area contributed by atoms with Gasteiger partial charge in [-0.1, -0.05) is 6.92 Å². The largest absolute Gasteiger partial charge is 0.372 e. The minimum Gasteiger partial charge on any atom is -0.372 e. The molecule has 1 heterocycles. The Morgan fingerprint density at radius 1 is 1.20 bits per heavy atom. The summed E-state index contributed by atoms with van der Waals surface area (Å²) in [6.07, 6.45) is 6.16. The summed E-state index contributed by atoms with van der Waals surface area (Å²) in [5.41, 5.74) is 0. The van der Waals surface area contributed by atoms with Crippen LogP contribution in [0.4, 0.5) is 0 Å². The van der Waals surface area contributed by atoms with E-state index in [1.54, 1.807) is 0 Å². The second-order valence-corrected chi connectivity index (χ2v) is 4.99. The van der Waals surface area contributed by atoms with E-state index in [1.807, 2.05) is 0 Å². The lowest BCUT2D eigenvalue weighted by molar-refractivity contribution is 0.0285. The SMILES string of the molecule is CCN(C)CC1CCC(CNC2CC2)O1. The maximum absolute atomic E-state index is 6.01. The van der Waals surface area contributed by atoms with E-state index in [9.17, 15) is 0 Å². The lowest BCUT2D eigenvalue weighted by Gasteiger charge is -2.20. The van der Waals surface area contributed by atoms with Crippen LogP contribution in [0.3, 0.4) is 0 Å². The van der Waals surface area contributed by atoms with Gasteiger partial charge in [0.05, 0.1) is 12.2 Å². The smallest absolute Gasteiger partial charge is 0.0707 e. The highest BCUT2D eigenvalue weighted by molar-refractivity contribution is 4.84. The average Bonchev–Trinajstić information content (AvgIpc) is 2.97. The van der Waals surface area contributed by atoms with E-state index >= 15 is 0 Å². The third kappa shape index (κ3) is 3.74. The molecule has 2 fully saturated rings. The van der Waals surface area contributed by atoms with Crippen molar-refractivity contribution in [1.29, 1.82) is 0 Å². The molecular formula is C12H24N2O. The van der Waals surface area contributed by atoms with Gasteiger partial charge in [-0.05, 0) is 39.3 Å². The molecule has 1 saturated carbocycles. The van der Waals surface area contributed by atoms with Crippen molar-refractivity contribution in [3.05, 3.63) is 0 Å². The van der Waals surface area contributed by atoms with Crippen molar-refractivity contribution < 1.29 is 4.74 Å². The maximum atomic E-state index is 6.01. The van der Waals surface area contributed by atoms with Crippen molar-refractivity contribution in [1.82, 2.24) is 10.2 Å². The molecule has 1 N–H and O–H groups in total. The molecule has 2 atom stereocenters. The Labute approximate surface area is 93.2 Å². The highest BCUT2D eigenvalue weighted by atomic mass is 16.5. The molecule has 2 rings (SSSR count). The van der Waals surface area contributed by atoms with Gasteiger partial charge in [0.1, 0.15) is 0 Å². The number of rotatable bonds is 6. The number of hydrogen-bond donors (Lipinski definition) is 1. The lowest BCUT2D eigenvalue weighted by atomic mass is 10.2. The predicted molar refractivity (Wildman–Crippen MR) is 62.1 cm³/mol. The van der Waals surface area contributed by atoms with E-state index in [0.717, 1.165) is 25.7 Å². The Morgan fingerprint density at radius 3 is 2.60 bits per heavy atom. The van der Waals surface area contributed by atoms with E-state index in [-0.39, 0.29) is 0 Å². The van der Waals surface area contributed by atoms with Gasteiger partial charge in [0.15, 0.2) is 0 Å². The van der Waals surface area contributed by atoms with Crippen LogP contribution in [0.5, 0.6) is 0 Å². The standard InChI is InChI=1S/C12H24N2O/c1-3-14(2)9-12-7-6-11(15-12)8-13-10-4-5-10/h10-13H,3-9H2,1-2H3. The summed E-state index contributed by atoms with van der Waals surface area (Å²) in [6.45, 7) is 5.47. The van der Waals surface area contributed by atoms with Crippen molar-refractivity contribution in [3.63, 3.8) is 0 Å². The lowest BCUT2D eigenvalue weighted by Crippen LogP contribution is -2.32. The van der Waals surface area contributed by atoms with E-state index in [0.29, 0.717) is 12.2 Å². The molecule has 2 aliphatic rings. The molecule has 2 unspecified atom stereocenters. The summed E-state index contributed by atoms with van der Waals surface area (Å²) in [6, 6.07) is 0.811. The molecule has 0 aromatic rings. The molecule has 1 aliphatic carbocycles. The number of likely N-dealkylation sites (N-methyl/N-ethyl adjacent to an activating group) is 1. The van der Waals surface area contributed by atoms with Crippen molar-refractivity contribution in [2.24, 2.45) is 0 Å². The minimum atomic E-state index is 0.473. The first-order valence-corrected chi connectivity index (χ1v) is 6.35. The number of hydrogen-bond acceptors (Lipinski definition) is 3. The zero-order valence-electron chi connectivity index (χ0n) is 10.0. The Bertz CT molecular complexity index is 194. The fraction of sp³-hybridized carbons (Fsp3) is 1.00. The van der Waals surface area contributed by atoms with Gasteiger partial charge < -0.3 is 15.0 Å². The highest BCUT2D eigenvalue weighted by Gasteiger charge is 2.28. The molecule has 0 amide bonds. The van der Waals surface area contributed by atoms with E-state index in [1.165, 1.54) is 25.7 Å². The minimum absolute atomic E-state index is 0.473. The van der Waals surface area contributed by atoms with Gasteiger partial charge in [-0.2, -0.15) is 0 Å². The van der Waals surface area contributed by atoms with Crippen LogP contribution < -0.4 is 5.32 Å². The van der Waals surface area contributed by atoms with Gasteiger partial charge in [0, 0.05) is 19.1 Å². The van der Waals surface area contributed by atoms with Crippen LogP contribution in [0.2, 0.25) is 0 Å². The van der Waals surface area contributed by atoms with Crippen LogP contribution in [-0.2, 0) is 4.74 Å². The van der Waals surface area contributed by atoms with Crippen LogP contribution in [0.25, 0.3) is 0 Å². The van der Waals surface area contributed by atoms with Crippen LogP contribution in [-0.4, -0.2) is 49.8 Å². The average molecular weight is 212 g/mol.